The van der Waals surface area contributed by atoms with E-state index < -0.39 is 12.1 Å². The van der Waals surface area contributed by atoms with Gasteiger partial charge in [0.15, 0.2) is 0 Å². The Hall–Kier alpha value is -1.23. The molecule has 0 spiro atoms. The van der Waals surface area contributed by atoms with Crippen LogP contribution in [-0.2, 0) is 6.54 Å². The smallest absolute Gasteiger partial charge is 0.396 e. The van der Waals surface area contributed by atoms with Crippen LogP contribution in [0.5, 0.6) is 0 Å². The summed E-state index contributed by atoms with van der Waals surface area (Å²) in [4.78, 5) is 0. The average Bonchev–Trinajstić information content (AvgIpc) is 2.16. The predicted molar refractivity (Wildman–Crippen MR) is 51.4 cm³/mol. The standard InChI is InChI=1S/C10H11F3N2/c11-10(12,13)8-5-15-4-7-6(8)2-1-3-9(7)14/h1-3,8,15H,4-5,14H2. The lowest BCUT2D eigenvalue weighted by molar-refractivity contribution is -0.150. The van der Waals surface area contributed by atoms with Crippen LogP contribution in [0.1, 0.15) is 17.0 Å². The van der Waals surface area contributed by atoms with Gasteiger partial charge in [0.05, 0.1) is 5.92 Å². The largest absolute Gasteiger partial charge is 0.398 e. The van der Waals surface area contributed by atoms with Crippen molar-refractivity contribution in [2.24, 2.45) is 0 Å². The van der Waals surface area contributed by atoms with Gasteiger partial charge >= 0.3 is 6.18 Å². The minimum absolute atomic E-state index is 0.0695. The summed E-state index contributed by atoms with van der Waals surface area (Å²) >= 11 is 0. The van der Waals surface area contributed by atoms with Crippen molar-refractivity contribution in [1.29, 1.82) is 0 Å². The number of hydrogen-bond donors (Lipinski definition) is 2. The van der Waals surface area contributed by atoms with Gasteiger partial charge in [-0.15, -0.1) is 0 Å². The Balaban J connectivity index is 2.48. The van der Waals surface area contributed by atoms with Crippen LogP contribution in [0.3, 0.4) is 0 Å². The summed E-state index contributed by atoms with van der Waals surface area (Å²) in [5.74, 6) is -1.44. The molecule has 1 heterocycles. The van der Waals surface area contributed by atoms with E-state index in [1.807, 2.05) is 0 Å². The van der Waals surface area contributed by atoms with E-state index in [-0.39, 0.29) is 6.54 Å². The average molecular weight is 216 g/mol. The van der Waals surface area contributed by atoms with Crippen LogP contribution in [0.25, 0.3) is 0 Å². The Morgan fingerprint density at radius 2 is 2.07 bits per heavy atom. The summed E-state index contributed by atoms with van der Waals surface area (Å²) in [6.07, 6.45) is -4.21. The Kier molecular flexibility index (Phi) is 2.34. The highest BCUT2D eigenvalue weighted by Crippen LogP contribution is 2.39. The van der Waals surface area contributed by atoms with E-state index in [4.69, 9.17) is 5.73 Å². The SMILES string of the molecule is Nc1cccc2c1CNCC2C(F)(F)F. The van der Waals surface area contributed by atoms with Crippen molar-refractivity contribution in [3.63, 3.8) is 0 Å². The molecule has 15 heavy (non-hydrogen) atoms. The lowest BCUT2D eigenvalue weighted by Crippen LogP contribution is -2.36. The number of hydrogen-bond acceptors (Lipinski definition) is 2. The van der Waals surface area contributed by atoms with E-state index in [1.165, 1.54) is 6.07 Å². The number of nitrogens with one attached hydrogen (secondary N) is 1. The van der Waals surface area contributed by atoms with Gasteiger partial charge in [0.2, 0.25) is 0 Å². The van der Waals surface area contributed by atoms with Crippen molar-refractivity contribution in [3.05, 3.63) is 29.3 Å². The lowest BCUT2D eigenvalue weighted by atomic mass is 9.89. The van der Waals surface area contributed by atoms with Gasteiger partial charge < -0.3 is 11.1 Å². The monoisotopic (exact) mass is 216 g/mol. The summed E-state index contributed by atoms with van der Waals surface area (Å²) in [5.41, 5.74) is 6.95. The van der Waals surface area contributed by atoms with Crippen molar-refractivity contribution in [3.8, 4) is 0 Å². The summed E-state index contributed by atoms with van der Waals surface area (Å²) in [5, 5.41) is 2.74. The van der Waals surface area contributed by atoms with E-state index in [1.54, 1.807) is 12.1 Å². The molecule has 2 nitrogen and oxygen atoms in total. The van der Waals surface area contributed by atoms with Crippen molar-refractivity contribution >= 4 is 5.69 Å². The molecule has 0 aromatic heterocycles. The van der Waals surface area contributed by atoms with Crippen LogP contribution < -0.4 is 11.1 Å². The van der Waals surface area contributed by atoms with Crippen LogP contribution in [0, 0.1) is 0 Å². The first-order chi connectivity index (χ1) is 7.00. The quantitative estimate of drug-likeness (QED) is 0.651. The summed E-state index contributed by atoms with van der Waals surface area (Å²) < 4.78 is 38.0. The fourth-order valence-corrected chi connectivity index (χ4v) is 1.90. The normalized spacial score (nSPS) is 21.1. The molecule has 1 aromatic rings. The van der Waals surface area contributed by atoms with E-state index in [2.05, 4.69) is 5.32 Å². The van der Waals surface area contributed by atoms with E-state index in [0.29, 0.717) is 23.4 Å². The third-order valence-electron chi connectivity index (χ3n) is 2.67. The molecule has 5 heteroatoms. The topological polar surface area (TPSA) is 38.0 Å². The lowest BCUT2D eigenvalue weighted by Gasteiger charge is -2.28. The molecule has 0 amide bonds. The first-order valence-corrected chi connectivity index (χ1v) is 4.65. The van der Waals surface area contributed by atoms with Crippen LogP contribution >= 0.6 is 0 Å². The van der Waals surface area contributed by atoms with Crippen LogP contribution in [0.15, 0.2) is 18.2 Å². The molecule has 3 N–H and O–H groups in total. The second kappa shape index (κ2) is 3.41. The molecule has 82 valence electrons. The number of halogens is 3. The number of rotatable bonds is 0. The Bertz CT molecular complexity index is 373. The maximum Gasteiger partial charge on any atom is 0.396 e. The zero-order valence-electron chi connectivity index (χ0n) is 7.93. The highest BCUT2D eigenvalue weighted by Gasteiger charge is 2.43. The number of nitrogen functional groups attached to an aromatic ring is 1. The molecule has 1 aliphatic rings. The molecular weight excluding hydrogens is 205 g/mol. The summed E-state index contributed by atoms with van der Waals surface area (Å²) in [6.45, 7) is 0.342. The fraction of sp³-hybridized carbons (Fsp3) is 0.400. The van der Waals surface area contributed by atoms with Gasteiger partial charge in [0, 0.05) is 18.8 Å². The molecule has 0 saturated carbocycles. The minimum atomic E-state index is -4.21. The molecule has 0 bridgehead atoms. The van der Waals surface area contributed by atoms with Gasteiger partial charge in [-0.1, -0.05) is 12.1 Å². The van der Waals surface area contributed by atoms with Crippen molar-refractivity contribution < 1.29 is 13.2 Å². The van der Waals surface area contributed by atoms with Crippen molar-refractivity contribution in [2.75, 3.05) is 12.3 Å². The van der Waals surface area contributed by atoms with Crippen LogP contribution in [0.4, 0.5) is 18.9 Å². The molecule has 1 atom stereocenters. The van der Waals surface area contributed by atoms with E-state index in [0.717, 1.165) is 0 Å². The van der Waals surface area contributed by atoms with Gasteiger partial charge in [0.1, 0.15) is 0 Å². The molecule has 1 aromatic carbocycles. The van der Waals surface area contributed by atoms with Crippen LogP contribution in [0.2, 0.25) is 0 Å². The number of fused-ring (bicyclic) bond motifs is 1. The van der Waals surface area contributed by atoms with E-state index >= 15 is 0 Å². The number of nitrogens with two attached hydrogens (primary N) is 1. The molecular formula is C10H11F3N2. The summed E-state index contributed by atoms with van der Waals surface area (Å²) in [6, 6.07) is 4.70. The molecule has 0 fully saturated rings. The number of anilines is 1. The van der Waals surface area contributed by atoms with Crippen LogP contribution in [-0.4, -0.2) is 12.7 Å². The molecule has 1 unspecified atom stereocenters. The highest BCUT2D eigenvalue weighted by atomic mass is 19.4. The molecule has 2 rings (SSSR count). The van der Waals surface area contributed by atoms with Gasteiger partial charge in [-0.25, -0.2) is 0 Å². The molecule has 1 aliphatic heterocycles. The second-order valence-corrected chi connectivity index (χ2v) is 3.64. The summed E-state index contributed by atoms with van der Waals surface area (Å²) in [7, 11) is 0. The Labute approximate surface area is 85.3 Å². The third-order valence-corrected chi connectivity index (χ3v) is 2.67. The first-order valence-electron chi connectivity index (χ1n) is 4.65. The first kappa shape index (κ1) is 10.3. The Morgan fingerprint density at radius 3 is 2.73 bits per heavy atom. The maximum absolute atomic E-state index is 12.7. The zero-order chi connectivity index (χ0) is 11.1. The highest BCUT2D eigenvalue weighted by molar-refractivity contribution is 5.53. The molecule has 0 saturated heterocycles. The van der Waals surface area contributed by atoms with Gasteiger partial charge in [0.25, 0.3) is 0 Å². The number of alkyl halides is 3. The molecule has 0 aliphatic carbocycles. The minimum Gasteiger partial charge on any atom is -0.398 e. The second-order valence-electron chi connectivity index (χ2n) is 3.64. The van der Waals surface area contributed by atoms with Crippen molar-refractivity contribution in [2.45, 2.75) is 18.6 Å². The van der Waals surface area contributed by atoms with E-state index in [9.17, 15) is 13.2 Å². The van der Waals surface area contributed by atoms with Gasteiger partial charge in [-0.3, -0.25) is 0 Å². The predicted octanol–water partition coefficient (Wildman–Crippen LogP) is 2.02. The van der Waals surface area contributed by atoms with Gasteiger partial charge in [-0.05, 0) is 17.2 Å². The Morgan fingerprint density at radius 1 is 1.33 bits per heavy atom. The zero-order valence-corrected chi connectivity index (χ0v) is 7.93. The maximum atomic E-state index is 12.7. The fourth-order valence-electron chi connectivity index (χ4n) is 1.90. The third kappa shape index (κ3) is 1.79. The number of benzene rings is 1. The molecule has 0 radical (unpaired) electrons. The van der Waals surface area contributed by atoms with Crippen molar-refractivity contribution in [1.82, 2.24) is 5.32 Å². The van der Waals surface area contributed by atoms with Gasteiger partial charge in [-0.2, -0.15) is 13.2 Å².